The molecule has 1 aromatic rings. The highest BCUT2D eigenvalue weighted by molar-refractivity contribution is 5.91. The number of nitrogen functional groups attached to an aromatic ring is 1. The van der Waals surface area contributed by atoms with Crippen LogP contribution in [0.4, 0.5) is 11.4 Å². The fraction of sp³-hybridized carbons (Fsp3) is 0.500. The van der Waals surface area contributed by atoms with E-state index in [1.165, 1.54) is 0 Å². The highest BCUT2D eigenvalue weighted by atomic mass is 16.5. The van der Waals surface area contributed by atoms with E-state index >= 15 is 0 Å². The van der Waals surface area contributed by atoms with Gasteiger partial charge in [0.05, 0.1) is 5.60 Å². The molecule has 0 atom stereocenters. The molecule has 4 heteroatoms. The maximum Gasteiger partial charge on any atom is 0.224 e. The van der Waals surface area contributed by atoms with Crippen LogP contribution < -0.4 is 11.1 Å². The van der Waals surface area contributed by atoms with Crippen LogP contribution in [0.15, 0.2) is 24.3 Å². The Morgan fingerprint density at radius 1 is 1.39 bits per heavy atom. The molecule has 0 radical (unpaired) electrons. The summed E-state index contributed by atoms with van der Waals surface area (Å²) >= 11 is 0. The van der Waals surface area contributed by atoms with E-state index in [9.17, 15) is 4.79 Å². The van der Waals surface area contributed by atoms with Crippen molar-refractivity contribution in [3.63, 3.8) is 0 Å². The van der Waals surface area contributed by atoms with Crippen molar-refractivity contribution in [3.8, 4) is 0 Å². The van der Waals surface area contributed by atoms with E-state index in [0.29, 0.717) is 25.1 Å². The molecule has 1 rings (SSSR count). The third-order valence-corrected chi connectivity index (χ3v) is 2.25. The lowest BCUT2D eigenvalue weighted by Gasteiger charge is -2.19. The number of nitrogens with one attached hydrogen (secondary N) is 1. The van der Waals surface area contributed by atoms with E-state index < -0.39 is 0 Å². The molecule has 0 saturated carbocycles. The van der Waals surface area contributed by atoms with Gasteiger partial charge in [-0.15, -0.1) is 0 Å². The second kappa shape index (κ2) is 6.40. The van der Waals surface area contributed by atoms with E-state index in [0.717, 1.165) is 5.69 Å². The lowest BCUT2D eigenvalue weighted by Crippen LogP contribution is -2.20. The van der Waals surface area contributed by atoms with Gasteiger partial charge >= 0.3 is 0 Å². The molecule has 4 nitrogen and oxygen atoms in total. The van der Waals surface area contributed by atoms with Crippen molar-refractivity contribution in [2.45, 2.75) is 39.2 Å². The van der Waals surface area contributed by atoms with Gasteiger partial charge in [-0.25, -0.2) is 0 Å². The summed E-state index contributed by atoms with van der Waals surface area (Å²) in [6.07, 6.45) is 1.16. The van der Waals surface area contributed by atoms with Gasteiger partial charge in [0, 0.05) is 24.4 Å². The van der Waals surface area contributed by atoms with E-state index in [-0.39, 0.29) is 11.5 Å². The molecular weight excluding hydrogens is 228 g/mol. The monoisotopic (exact) mass is 250 g/mol. The molecule has 0 bridgehead atoms. The fourth-order valence-electron chi connectivity index (χ4n) is 1.45. The minimum Gasteiger partial charge on any atom is -0.399 e. The van der Waals surface area contributed by atoms with E-state index in [4.69, 9.17) is 10.5 Å². The molecule has 0 aliphatic heterocycles. The van der Waals surface area contributed by atoms with Crippen molar-refractivity contribution in [1.82, 2.24) is 0 Å². The molecular formula is C14H22N2O2. The molecule has 0 aliphatic rings. The van der Waals surface area contributed by atoms with Gasteiger partial charge in [-0.2, -0.15) is 0 Å². The Morgan fingerprint density at radius 2 is 2.11 bits per heavy atom. The van der Waals surface area contributed by atoms with Crippen LogP contribution in [-0.4, -0.2) is 18.1 Å². The Hall–Kier alpha value is -1.55. The van der Waals surface area contributed by atoms with Crippen molar-refractivity contribution in [3.05, 3.63) is 24.3 Å². The topological polar surface area (TPSA) is 64.3 Å². The van der Waals surface area contributed by atoms with E-state index in [1.807, 2.05) is 32.9 Å². The summed E-state index contributed by atoms with van der Waals surface area (Å²) in [6.45, 7) is 6.59. The third-order valence-electron chi connectivity index (χ3n) is 2.25. The van der Waals surface area contributed by atoms with Crippen molar-refractivity contribution >= 4 is 17.3 Å². The van der Waals surface area contributed by atoms with Gasteiger partial charge in [-0.1, -0.05) is 6.07 Å². The molecule has 18 heavy (non-hydrogen) atoms. The Kier molecular flexibility index (Phi) is 5.16. The zero-order chi connectivity index (χ0) is 13.6. The molecule has 1 aromatic carbocycles. The number of rotatable bonds is 5. The number of benzene rings is 1. The quantitative estimate of drug-likeness (QED) is 0.624. The minimum absolute atomic E-state index is 0.0156. The number of amides is 1. The first-order valence-electron chi connectivity index (χ1n) is 6.16. The number of nitrogens with two attached hydrogens (primary N) is 1. The molecule has 0 aliphatic carbocycles. The Morgan fingerprint density at radius 3 is 2.72 bits per heavy atom. The third kappa shape index (κ3) is 6.25. The maximum atomic E-state index is 11.6. The lowest BCUT2D eigenvalue weighted by atomic mass is 10.2. The molecule has 100 valence electrons. The summed E-state index contributed by atoms with van der Waals surface area (Å²) in [5.74, 6) is -0.0156. The average molecular weight is 250 g/mol. The zero-order valence-electron chi connectivity index (χ0n) is 11.3. The summed E-state index contributed by atoms with van der Waals surface area (Å²) in [7, 11) is 0. The Labute approximate surface area is 109 Å². The van der Waals surface area contributed by atoms with Crippen molar-refractivity contribution in [2.24, 2.45) is 0 Å². The van der Waals surface area contributed by atoms with Crippen LogP contribution in [0.2, 0.25) is 0 Å². The standard InChI is InChI=1S/C14H22N2O2/c1-14(2,3)18-9-5-8-13(17)16-12-7-4-6-11(15)10-12/h4,6-7,10H,5,8-9,15H2,1-3H3,(H,16,17). The van der Waals surface area contributed by atoms with Crippen LogP contribution in [0.3, 0.4) is 0 Å². The van der Waals surface area contributed by atoms with Crippen molar-refractivity contribution in [2.75, 3.05) is 17.7 Å². The summed E-state index contributed by atoms with van der Waals surface area (Å²) in [4.78, 5) is 11.6. The van der Waals surface area contributed by atoms with Gasteiger partial charge in [0.1, 0.15) is 0 Å². The van der Waals surface area contributed by atoms with Gasteiger partial charge in [-0.05, 0) is 45.4 Å². The molecule has 0 aromatic heterocycles. The first-order chi connectivity index (χ1) is 8.37. The normalized spacial score (nSPS) is 11.3. The molecule has 0 saturated heterocycles. The molecule has 0 unspecified atom stereocenters. The smallest absolute Gasteiger partial charge is 0.224 e. The maximum absolute atomic E-state index is 11.6. The average Bonchev–Trinajstić information content (AvgIpc) is 2.23. The molecule has 0 heterocycles. The number of carbonyl (C=O) groups is 1. The first-order valence-corrected chi connectivity index (χ1v) is 6.16. The summed E-state index contributed by atoms with van der Waals surface area (Å²) in [6, 6.07) is 7.16. The summed E-state index contributed by atoms with van der Waals surface area (Å²) in [5.41, 5.74) is 6.86. The predicted molar refractivity (Wildman–Crippen MR) is 74.4 cm³/mol. The Balaban J connectivity index is 2.26. The minimum atomic E-state index is -0.148. The molecule has 3 N–H and O–H groups in total. The fourth-order valence-corrected chi connectivity index (χ4v) is 1.45. The lowest BCUT2D eigenvalue weighted by molar-refractivity contribution is -0.116. The van der Waals surface area contributed by atoms with Crippen LogP contribution in [0.5, 0.6) is 0 Å². The van der Waals surface area contributed by atoms with E-state index in [1.54, 1.807) is 12.1 Å². The number of carbonyl (C=O) groups excluding carboxylic acids is 1. The number of hydrogen-bond donors (Lipinski definition) is 2. The second-order valence-electron chi connectivity index (χ2n) is 5.24. The van der Waals surface area contributed by atoms with Crippen LogP contribution in [0.25, 0.3) is 0 Å². The van der Waals surface area contributed by atoms with Crippen LogP contribution in [0.1, 0.15) is 33.6 Å². The predicted octanol–water partition coefficient (Wildman–Crippen LogP) is 2.80. The number of anilines is 2. The zero-order valence-corrected chi connectivity index (χ0v) is 11.3. The van der Waals surface area contributed by atoms with E-state index in [2.05, 4.69) is 5.32 Å². The van der Waals surface area contributed by atoms with Gasteiger partial charge in [0.2, 0.25) is 5.91 Å². The summed E-state index contributed by atoms with van der Waals surface area (Å²) in [5, 5.41) is 2.81. The first kappa shape index (κ1) is 14.5. The van der Waals surface area contributed by atoms with Crippen LogP contribution >= 0.6 is 0 Å². The number of hydrogen-bond acceptors (Lipinski definition) is 3. The van der Waals surface area contributed by atoms with Crippen LogP contribution in [0, 0.1) is 0 Å². The van der Waals surface area contributed by atoms with Crippen molar-refractivity contribution < 1.29 is 9.53 Å². The van der Waals surface area contributed by atoms with Crippen molar-refractivity contribution in [1.29, 1.82) is 0 Å². The molecule has 0 fully saturated rings. The van der Waals surface area contributed by atoms with Gasteiger partial charge in [0.25, 0.3) is 0 Å². The summed E-state index contributed by atoms with van der Waals surface area (Å²) < 4.78 is 5.55. The SMILES string of the molecule is CC(C)(C)OCCCC(=O)Nc1cccc(N)c1. The second-order valence-corrected chi connectivity index (χ2v) is 5.24. The highest BCUT2D eigenvalue weighted by Crippen LogP contribution is 2.12. The van der Waals surface area contributed by atoms with Gasteiger partial charge in [0.15, 0.2) is 0 Å². The van der Waals surface area contributed by atoms with Gasteiger partial charge < -0.3 is 15.8 Å². The number of ether oxygens (including phenoxy) is 1. The van der Waals surface area contributed by atoms with Crippen LogP contribution in [-0.2, 0) is 9.53 Å². The van der Waals surface area contributed by atoms with Gasteiger partial charge in [-0.3, -0.25) is 4.79 Å². The highest BCUT2D eigenvalue weighted by Gasteiger charge is 2.10. The Bertz CT molecular complexity index is 397. The molecule has 0 spiro atoms. The largest absolute Gasteiger partial charge is 0.399 e. The molecule has 1 amide bonds.